The van der Waals surface area contributed by atoms with Gasteiger partial charge in [-0.25, -0.2) is 4.98 Å². The number of nitrogens with two attached hydrogens (primary N) is 1. The van der Waals surface area contributed by atoms with Crippen molar-refractivity contribution in [3.63, 3.8) is 0 Å². The predicted molar refractivity (Wildman–Crippen MR) is 57.3 cm³/mol. The highest BCUT2D eigenvalue weighted by atomic mass is 32.1. The molecule has 1 aromatic heterocycles. The van der Waals surface area contributed by atoms with Gasteiger partial charge >= 0.3 is 0 Å². The average Bonchev–Trinajstić information content (AvgIpc) is 2.61. The van der Waals surface area contributed by atoms with Gasteiger partial charge in [0.2, 0.25) is 0 Å². The van der Waals surface area contributed by atoms with Crippen molar-refractivity contribution < 1.29 is 4.74 Å². The number of aromatic nitrogens is 1. The van der Waals surface area contributed by atoms with Gasteiger partial charge in [-0.3, -0.25) is 0 Å². The molecule has 1 aliphatic heterocycles. The maximum Gasteiger partial charge on any atom is 0.113 e. The summed E-state index contributed by atoms with van der Waals surface area (Å²) in [5, 5.41) is 1.05. The van der Waals surface area contributed by atoms with Gasteiger partial charge < -0.3 is 10.5 Å². The van der Waals surface area contributed by atoms with Crippen LogP contribution in [-0.4, -0.2) is 11.6 Å². The number of nitrogens with zero attached hydrogens (tertiary/aromatic N) is 1. The van der Waals surface area contributed by atoms with E-state index in [1.807, 2.05) is 6.92 Å². The molecule has 0 spiro atoms. The fourth-order valence-corrected chi connectivity index (χ4v) is 2.60. The molecule has 1 unspecified atom stereocenters. The first-order chi connectivity index (χ1) is 6.63. The molecule has 3 nitrogen and oxygen atoms in total. The third-order valence-corrected chi connectivity index (χ3v) is 4.07. The van der Waals surface area contributed by atoms with Crippen molar-refractivity contribution >= 4 is 11.3 Å². The molecule has 1 aliphatic rings. The van der Waals surface area contributed by atoms with E-state index in [2.05, 4.69) is 11.9 Å². The Balaban J connectivity index is 2.32. The highest BCUT2D eigenvalue weighted by Crippen LogP contribution is 2.30. The van der Waals surface area contributed by atoms with Crippen LogP contribution in [0.1, 0.15) is 35.8 Å². The molecule has 1 atom stereocenters. The Kier molecular flexibility index (Phi) is 2.60. The quantitative estimate of drug-likeness (QED) is 0.813. The summed E-state index contributed by atoms with van der Waals surface area (Å²) in [6.45, 7) is 5.64. The molecule has 78 valence electrons. The molecule has 1 aromatic rings. The molecular formula is C10H16N2OS. The second-order valence-corrected chi connectivity index (χ2v) is 5.05. The van der Waals surface area contributed by atoms with Gasteiger partial charge in [-0.2, -0.15) is 0 Å². The number of hydrogen-bond donors (Lipinski definition) is 1. The van der Waals surface area contributed by atoms with E-state index in [1.54, 1.807) is 11.3 Å². The summed E-state index contributed by atoms with van der Waals surface area (Å²) in [4.78, 5) is 5.87. The first-order valence-corrected chi connectivity index (χ1v) is 5.81. The van der Waals surface area contributed by atoms with E-state index in [0.29, 0.717) is 6.61 Å². The smallest absolute Gasteiger partial charge is 0.113 e. The van der Waals surface area contributed by atoms with Crippen LogP contribution in [0.25, 0.3) is 0 Å². The molecule has 2 N–H and O–H groups in total. The first-order valence-electron chi connectivity index (χ1n) is 4.99. The first kappa shape index (κ1) is 10.1. The maximum atomic E-state index is 6.16. The summed E-state index contributed by atoms with van der Waals surface area (Å²) in [6, 6.07) is 0. The monoisotopic (exact) mass is 212 g/mol. The van der Waals surface area contributed by atoms with Gasteiger partial charge in [0.05, 0.1) is 29.3 Å². The Morgan fingerprint density at radius 1 is 1.64 bits per heavy atom. The number of hydrogen-bond acceptors (Lipinski definition) is 4. The largest absolute Gasteiger partial charge is 0.375 e. The van der Waals surface area contributed by atoms with E-state index in [4.69, 9.17) is 10.5 Å². The SMILES string of the molecule is CCC(C)(N)c1nc2c(s1)COCC2. The molecule has 0 bridgehead atoms. The molecule has 14 heavy (non-hydrogen) atoms. The number of fused-ring (bicyclic) bond motifs is 1. The van der Waals surface area contributed by atoms with Gasteiger partial charge in [0.25, 0.3) is 0 Å². The van der Waals surface area contributed by atoms with E-state index < -0.39 is 0 Å². The third-order valence-electron chi connectivity index (χ3n) is 2.72. The third kappa shape index (κ3) is 1.69. The van der Waals surface area contributed by atoms with Crippen molar-refractivity contribution in [2.75, 3.05) is 6.61 Å². The van der Waals surface area contributed by atoms with Crippen LogP contribution in [0.4, 0.5) is 0 Å². The molecule has 4 heteroatoms. The number of rotatable bonds is 2. The minimum atomic E-state index is -0.276. The fourth-order valence-electron chi connectivity index (χ4n) is 1.42. The molecule has 0 fully saturated rings. The van der Waals surface area contributed by atoms with Crippen molar-refractivity contribution in [2.45, 2.75) is 38.8 Å². The topological polar surface area (TPSA) is 48.1 Å². The van der Waals surface area contributed by atoms with Gasteiger partial charge in [0.1, 0.15) is 5.01 Å². The van der Waals surface area contributed by atoms with Gasteiger partial charge in [-0.1, -0.05) is 6.92 Å². The summed E-state index contributed by atoms with van der Waals surface area (Å²) in [7, 11) is 0. The number of thiazole rings is 1. The Bertz CT molecular complexity index is 309. The lowest BCUT2D eigenvalue weighted by Crippen LogP contribution is -2.31. The van der Waals surface area contributed by atoms with Crippen LogP contribution in [0.3, 0.4) is 0 Å². The van der Waals surface area contributed by atoms with Crippen LogP contribution in [0.2, 0.25) is 0 Å². The van der Waals surface area contributed by atoms with Gasteiger partial charge in [-0.05, 0) is 13.3 Å². The van der Waals surface area contributed by atoms with Crippen LogP contribution >= 0.6 is 11.3 Å². The van der Waals surface area contributed by atoms with Crippen molar-refractivity contribution in [1.82, 2.24) is 4.98 Å². The summed E-state index contributed by atoms with van der Waals surface area (Å²) in [5.41, 5.74) is 7.08. The van der Waals surface area contributed by atoms with Crippen LogP contribution < -0.4 is 5.73 Å². The molecule has 2 rings (SSSR count). The maximum absolute atomic E-state index is 6.16. The Labute approximate surface area is 88.3 Å². The van der Waals surface area contributed by atoms with Gasteiger partial charge in [0.15, 0.2) is 0 Å². The lowest BCUT2D eigenvalue weighted by Gasteiger charge is -2.18. The molecular weight excluding hydrogens is 196 g/mol. The minimum Gasteiger partial charge on any atom is -0.375 e. The van der Waals surface area contributed by atoms with Crippen molar-refractivity contribution in [2.24, 2.45) is 5.73 Å². The summed E-state index contributed by atoms with van der Waals surface area (Å²) in [5.74, 6) is 0. The Morgan fingerprint density at radius 3 is 3.07 bits per heavy atom. The van der Waals surface area contributed by atoms with E-state index in [1.165, 1.54) is 10.6 Å². The summed E-state index contributed by atoms with van der Waals surface area (Å²) in [6.07, 6.45) is 1.85. The predicted octanol–water partition coefficient (Wildman–Crippen LogP) is 1.80. The Hall–Kier alpha value is -0.450. The summed E-state index contributed by atoms with van der Waals surface area (Å²) < 4.78 is 5.39. The van der Waals surface area contributed by atoms with Crippen LogP contribution in [-0.2, 0) is 23.3 Å². The highest BCUT2D eigenvalue weighted by Gasteiger charge is 2.26. The molecule has 0 saturated heterocycles. The van der Waals surface area contributed by atoms with Gasteiger partial charge in [-0.15, -0.1) is 11.3 Å². The van der Waals surface area contributed by atoms with Crippen LogP contribution in [0.5, 0.6) is 0 Å². The second-order valence-electron chi connectivity index (χ2n) is 3.96. The van der Waals surface area contributed by atoms with E-state index in [-0.39, 0.29) is 5.54 Å². The zero-order valence-electron chi connectivity index (χ0n) is 8.67. The zero-order valence-corrected chi connectivity index (χ0v) is 9.49. The van der Waals surface area contributed by atoms with Crippen molar-refractivity contribution in [3.05, 3.63) is 15.6 Å². The highest BCUT2D eigenvalue weighted by molar-refractivity contribution is 7.11. The standard InChI is InChI=1S/C10H16N2OS/c1-3-10(2,11)9-12-7-4-5-13-6-8(7)14-9/h3-6,11H2,1-2H3. The van der Waals surface area contributed by atoms with Crippen LogP contribution in [0, 0.1) is 0 Å². The van der Waals surface area contributed by atoms with Crippen LogP contribution in [0.15, 0.2) is 0 Å². The molecule has 0 saturated carbocycles. The van der Waals surface area contributed by atoms with Crippen molar-refractivity contribution in [3.8, 4) is 0 Å². The van der Waals surface area contributed by atoms with E-state index >= 15 is 0 Å². The zero-order chi connectivity index (χ0) is 10.2. The molecule has 2 heterocycles. The lowest BCUT2D eigenvalue weighted by atomic mass is 10.0. The number of ether oxygens (including phenoxy) is 1. The van der Waals surface area contributed by atoms with Crippen molar-refractivity contribution in [1.29, 1.82) is 0 Å². The Morgan fingerprint density at radius 2 is 2.43 bits per heavy atom. The van der Waals surface area contributed by atoms with E-state index in [9.17, 15) is 0 Å². The van der Waals surface area contributed by atoms with Gasteiger partial charge in [0, 0.05) is 6.42 Å². The second kappa shape index (κ2) is 3.61. The fraction of sp³-hybridized carbons (Fsp3) is 0.700. The molecule has 0 radical (unpaired) electrons. The molecule has 0 aromatic carbocycles. The summed E-state index contributed by atoms with van der Waals surface area (Å²) >= 11 is 1.71. The lowest BCUT2D eigenvalue weighted by molar-refractivity contribution is 0.112. The van der Waals surface area contributed by atoms with E-state index in [0.717, 1.165) is 24.5 Å². The molecule has 0 amide bonds. The minimum absolute atomic E-state index is 0.276. The average molecular weight is 212 g/mol. The molecule has 0 aliphatic carbocycles. The normalized spacial score (nSPS) is 20.2.